The zero-order valence-corrected chi connectivity index (χ0v) is 12.4. The molecule has 0 aliphatic heterocycles. The quantitative estimate of drug-likeness (QED) is 0.674. The van der Waals surface area contributed by atoms with Crippen molar-refractivity contribution >= 4 is 11.6 Å². The first-order valence-electron chi connectivity index (χ1n) is 6.95. The first kappa shape index (κ1) is 15.7. The van der Waals surface area contributed by atoms with E-state index in [1.54, 1.807) is 12.4 Å². The molecule has 3 N–H and O–H groups in total. The van der Waals surface area contributed by atoms with E-state index in [9.17, 15) is 5.11 Å². The molecular weight excluding hydrogens is 240 g/mol. The predicted molar refractivity (Wildman–Crippen MR) is 79.4 cm³/mol. The van der Waals surface area contributed by atoms with Gasteiger partial charge in [-0.1, -0.05) is 20.8 Å². The average Bonchev–Trinajstić information content (AvgIpc) is 2.33. The fourth-order valence-corrected chi connectivity index (χ4v) is 2.02. The van der Waals surface area contributed by atoms with Crippen LogP contribution in [0.25, 0.3) is 0 Å². The molecular formula is C14H26N4O. The van der Waals surface area contributed by atoms with Gasteiger partial charge in [0.2, 0.25) is 0 Å². The maximum atomic E-state index is 10.2. The zero-order valence-electron chi connectivity index (χ0n) is 12.4. The van der Waals surface area contributed by atoms with Crippen LogP contribution in [0.5, 0.6) is 0 Å². The molecule has 1 aromatic rings. The van der Waals surface area contributed by atoms with Crippen LogP contribution in [0.1, 0.15) is 40.5 Å². The maximum Gasteiger partial charge on any atom is 0.147 e. The zero-order chi connectivity index (χ0) is 14.3. The van der Waals surface area contributed by atoms with Gasteiger partial charge in [-0.15, -0.1) is 0 Å². The van der Waals surface area contributed by atoms with Crippen LogP contribution in [-0.4, -0.2) is 33.8 Å². The molecule has 0 amide bonds. The molecule has 0 bridgehead atoms. The Hall–Kier alpha value is -1.36. The summed E-state index contributed by atoms with van der Waals surface area (Å²) < 4.78 is 0. The van der Waals surface area contributed by atoms with Gasteiger partial charge in [-0.2, -0.15) is 0 Å². The van der Waals surface area contributed by atoms with Crippen LogP contribution in [0.2, 0.25) is 0 Å². The predicted octanol–water partition coefficient (Wildman–Crippen LogP) is 2.51. The van der Waals surface area contributed by atoms with Gasteiger partial charge in [0.15, 0.2) is 0 Å². The largest absolute Gasteiger partial charge is 0.388 e. The Morgan fingerprint density at radius 3 is 2.47 bits per heavy atom. The molecule has 1 atom stereocenters. The average molecular weight is 266 g/mol. The third-order valence-electron chi connectivity index (χ3n) is 2.69. The molecule has 0 saturated heterocycles. The van der Waals surface area contributed by atoms with Gasteiger partial charge in [0, 0.05) is 13.1 Å². The highest BCUT2D eigenvalue weighted by atomic mass is 16.3. The van der Waals surface area contributed by atoms with Gasteiger partial charge in [0.25, 0.3) is 0 Å². The van der Waals surface area contributed by atoms with E-state index in [1.807, 2.05) is 6.92 Å². The Labute approximate surface area is 115 Å². The fourth-order valence-electron chi connectivity index (χ4n) is 2.02. The summed E-state index contributed by atoms with van der Waals surface area (Å²) in [5.41, 5.74) is -0.733. The number of aromatic nitrogens is 2. The molecule has 1 rings (SSSR count). The fraction of sp³-hybridized carbons (Fsp3) is 0.714. The van der Waals surface area contributed by atoms with Crippen LogP contribution in [-0.2, 0) is 0 Å². The van der Waals surface area contributed by atoms with Crippen molar-refractivity contribution in [2.45, 2.75) is 46.1 Å². The third-order valence-corrected chi connectivity index (χ3v) is 2.69. The minimum absolute atomic E-state index is 0.459. The van der Waals surface area contributed by atoms with Crippen LogP contribution in [0.15, 0.2) is 12.4 Å². The monoisotopic (exact) mass is 266 g/mol. The molecule has 5 heteroatoms. The Bertz CT molecular complexity index is 379. The number of nitrogens with zero attached hydrogens (tertiary/aromatic N) is 2. The molecule has 0 radical (unpaired) electrons. The van der Waals surface area contributed by atoms with E-state index in [0.29, 0.717) is 18.3 Å². The highest BCUT2D eigenvalue weighted by molar-refractivity contribution is 5.41. The van der Waals surface area contributed by atoms with Crippen molar-refractivity contribution in [2.24, 2.45) is 5.92 Å². The lowest BCUT2D eigenvalue weighted by Gasteiger charge is -2.25. The normalized spacial score (nSPS) is 14.2. The SMILES string of the molecule is CCCNc1cncc(NCC(C)(O)CC(C)C)n1. The molecule has 108 valence electrons. The number of rotatable bonds is 8. The van der Waals surface area contributed by atoms with Crippen molar-refractivity contribution in [1.29, 1.82) is 0 Å². The topological polar surface area (TPSA) is 70.1 Å². The van der Waals surface area contributed by atoms with E-state index in [0.717, 1.165) is 25.2 Å². The van der Waals surface area contributed by atoms with Crippen molar-refractivity contribution < 1.29 is 5.11 Å². The van der Waals surface area contributed by atoms with Gasteiger partial charge in [0.1, 0.15) is 11.6 Å². The number of anilines is 2. The second kappa shape index (κ2) is 7.28. The van der Waals surface area contributed by atoms with Crippen molar-refractivity contribution in [3.05, 3.63) is 12.4 Å². The smallest absolute Gasteiger partial charge is 0.147 e. The molecule has 0 aliphatic carbocycles. The van der Waals surface area contributed by atoms with Crippen LogP contribution >= 0.6 is 0 Å². The van der Waals surface area contributed by atoms with Crippen LogP contribution in [0, 0.1) is 5.92 Å². The molecule has 0 aromatic carbocycles. The lowest BCUT2D eigenvalue weighted by Crippen LogP contribution is -2.35. The van der Waals surface area contributed by atoms with Gasteiger partial charge in [-0.05, 0) is 25.7 Å². The highest BCUT2D eigenvalue weighted by Crippen LogP contribution is 2.17. The van der Waals surface area contributed by atoms with E-state index in [4.69, 9.17) is 0 Å². The molecule has 0 aliphatic rings. The third kappa shape index (κ3) is 6.38. The molecule has 1 heterocycles. The second-order valence-electron chi connectivity index (χ2n) is 5.66. The molecule has 0 saturated carbocycles. The summed E-state index contributed by atoms with van der Waals surface area (Å²) in [6.45, 7) is 9.49. The summed E-state index contributed by atoms with van der Waals surface area (Å²) in [6.07, 6.45) is 5.17. The molecule has 0 fully saturated rings. The van der Waals surface area contributed by atoms with Crippen LogP contribution in [0.3, 0.4) is 0 Å². The number of nitrogens with one attached hydrogen (secondary N) is 2. The summed E-state index contributed by atoms with van der Waals surface area (Å²) in [6, 6.07) is 0. The Morgan fingerprint density at radius 1 is 1.26 bits per heavy atom. The van der Waals surface area contributed by atoms with E-state index >= 15 is 0 Å². The van der Waals surface area contributed by atoms with Crippen LogP contribution < -0.4 is 10.6 Å². The summed E-state index contributed by atoms with van der Waals surface area (Å²) in [5.74, 6) is 1.90. The standard InChI is InChI=1S/C14H26N4O/c1-5-6-16-12-8-15-9-13(18-12)17-10-14(4,19)7-11(2)3/h8-9,11,19H,5-7,10H2,1-4H3,(H2,16,17,18). The van der Waals surface area contributed by atoms with E-state index in [2.05, 4.69) is 41.4 Å². The van der Waals surface area contributed by atoms with E-state index in [-0.39, 0.29) is 0 Å². The number of hydrogen-bond acceptors (Lipinski definition) is 5. The first-order chi connectivity index (χ1) is 8.93. The van der Waals surface area contributed by atoms with Crippen molar-refractivity contribution in [1.82, 2.24) is 9.97 Å². The highest BCUT2D eigenvalue weighted by Gasteiger charge is 2.21. The minimum atomic E-state index is -0.733. The summed E-state index contributed by atoms with van der Waals surface area (Å²) in [5, 5.41) is 16.6. The number of aliphatic hydroxyl groups is 1. The Morgan fingerprint density at radius 2 is 1.89 bits per heavy atom. The van der Waals surface area contributed by atoms with Gasteiger partial charge in [-0.3, -0.25) is 4.98 Å². The molecule has 0 spiro atoms. The van der Waals surface area contributed by atoms with Gasteiger partial charge in [-0.25, -0.2) is 4.98 Å². The van der Waals surface area contributed by atoms with Gasteiger partial charge < -0.3 is 15.7 Å². The molecule has 19 heavy (non-hydrogen) atoms. The number of hydrogen-bond donors (Lipinski definition) is 3. The van der Waals surface area contributed by atoms with E-state index < -0.39 is 5.60 Å². The Kier molecular flexibility index (Phi) is 6.02. The first-order valence-corrected chi connectivity index (χ1v) is 6.95. The van der Waals surface area contributed by atoms with Gasteiger partial charge in [0.05, 0.1) is 18.0 Å². The lowest BCUT2D eigenvalue weighted by atomic mass is 9.94. The summed E-state index contributed by atoms with van der Waals surface area (Å²) in [4.78, 5) is 8.53. The maximum absolute atomic E-state index is 10.2. The molecule has 1 unspecified atom stereocenters. The van der Waals surface area contributed by atoms with Crippen LogP contribution in [0.4, 0.5) is 11.6 Å². The van der Waals surface area contributed by atoms with Crippen molar-refractivity contribution in [2.75, 3.05) is 23.7 Å². The molecule has 5 nitrogen and oxygen atoms in total. The van der Waals surface area contributed by atoms with Gasteiger partial charge >= 0.3 is 0 Å². The second-order valence-corrected chi connectivity index (χ2v) is 5.66. The van der Waals surface area contributed by atoms with Crippen molar-refractivity contribution in [3.8, 4) is 0 Å². The minimum Gasteiger partial charge on any atom is -0.388 e. The lowest BCUT2D eigenvalue weighted by molar-refractivity contribution is 0.0515. The van der Waals surface area contributed by atoms with Crippen molar-refractivity contribution in [3.63, 3.8) is 0 Å². The Balaban J connectivity index is 2.52. The van der Waals surface area contributed by atoms with E-state index in [1.165, 1.54) is 0 Å². The summed E-state index contributed by atoms with van der Waals surface area (Å²) >= 11 is 0. The summed E-state index contributed by atoms with van der Waals surface area (Å²) in [7, 11) is 0. The molecule has 1 aromatic heterocycles.